The zero-order valence-electron chi connectivity index (χ0n) is 10.3. The molecule has 0 aliphatic carbocycles. The number of aliphatic hydroxyl groups is 2. The van der Waals surface area contributed by atoms with Crippen molar-refractivity contribution in [2.45, 2.75) is 19.3 Å². The second kappa shape index (κ2) is 5.34. The average Bonchev–Trinajstić information content (AvgIpc) is 2.79. The van der Waals surface area contributed by atoms with Crippen LogP contribution in [-0.4, -0.2) is 48.5 Å². The van der Waals surface area contributed by atoms with Crippen LogP contribution in [0.25, 0.3) is 5.78 Å². The van der Waals surface area contributed by atoms with Gasteiger partial charge in [-0.2, -0.15) is 9.97 Å². The van der Waals surface area contributed by atoms with Gasteiger partial charge in [0.25, 0.3) is 0 Å². The molecule has 9 nitrogen and oxygen atoms in total. The molecule has 2 aromatic rings. The molecule has 4 N–H and O–H groups in total. The Kier molecular flexibility index (Phi) is 3.79. The van der Waals surface area contributed by atoms with Crippen molar-refractivity contribution in [3.8, 4) is 0 Å². The predicted molar refractivity (Wildman–Crippen MR) is 65.4 cm³/mol. The van der Waals surface area contributed by atoms with Gasteiger partial charge in [0.2, 0.25) is 11.7 Å². The van der Waals surface area contributed by atoms with Gasteiger partial charge in [-0.1, -0.05) is 0 Å². The summed E-state index contributed by atoms with van der Waals surface area (Å²) in [6, 6.07) is 0. The smallest absolute Gasteiger partial charge is 0.357 e. The summed E-state index contributed by atoms with van der Waals surface area (Å²) in [5.74, 6) is 0.0542. The van der Waals surface area contributed by atoms with Crippen LogP contribution in [0.5, 0.6) is 0 Å². The van der Waals surface area contributed by atoms with Crippen molar-refractivity contribution in [1.82, 2.24) is 18.9 Å². The third kappa shape index (κ3) is 2.57. The van der Waals surface area contributed by atoms with Crippen LogP contribution in [0.2, 0.25) is 0 Å². The van der Waals surface area contributed by atoms with Gasteiger partial charge in [0.1, 0.15) is 0 Å². The molecule has 9 heteroatoms. The molecule has 0 spiro atoms. The molecule has 0 amide bonds. The predicted octanol–water partition coefficient (Wildman–Crippen LogP) is -1.64. The lowest BCUT2D eigenvalue weighted by molar-refractivity contribution is -0.0871. The number of nitrogens with zero attached hydrogens (tertiary/aromatic N) is 4. The number of rotatable bonds is 5. The molecule has 0 saturated carbocycles. The highest BCUT2D eigenvalue weighted by Crippen LogP contribution is 2.14. The maximum absolute atomic E-state index is 11.6. The first-order valence-corrected chi connectivity index (χ1v) is 5.66. The minimum Gasteiger partial charge on any atom is -0.394 e. The largest absolute Gasteiger partial charge is 0.394 e. The highest BCUT2D eigenvalue weighted by atomic mass is 16.5. The number of nitrogen functional groups attached to an aromatic ring is 1. The Morgan fingerprint density at radius 2 is 2.11 bits per heavy atom. The summed E-state index contributed by atoms with van der Waals surface area (Å²) in [6.07, 6.45) is 1.73. The van der Waals surface area contributed by atoms with Gasteiger partial charge in [0, 0.05) is 12.4 Å². The first kappa shape index (κ1) is 13.5. The van der Waals surface area contributed by atoms with Crippen LogP contribution in [0.15, 0.2) is 17.2 Å². The average molecular weight is 269 g/mol. The van der Waals surface area contributed by atoms with Crippen molar-refractivity contribution in [1.29, 1.82) is 0 Å². The lowest BCUT2D eigenvalue weighted by atomic mass is 10.4. The molecule has 0 bridgehead atoms. The van der Waals surface area contributed by atoms with E-state index in [0.29, 0.717) is 0 Å². The number of aromatic nitrogens is 4. The number of nitrogens with two attached hydrogens (primary N) is 1. The molecule has 2 heterocycles. The molecule has 0 saturated heterocycles. The summed E-state index contributed by atoms with van der Waals surface area (Å²) in [7, 11) is 0. The summed E-state index contributed by atoms with van der Waals surface area (Å²) in [5, 5.41) is 18.3. The van der Waals surface area contributed by atoms with Crippen LogP contribution in [-0.2, 0) is 4.74 Å². The Morgan fingerprint density at radius 3 is 2.74 bits per heavy atom. The zero-order valence-corrected chi connectivity index (χ0v) is 10.3. The van der Waals surface area contributed by atoms with E-state index >= 15 is 0 Å². The maximum atomic E-state index is 11.6. The van der Waals surface area contributed by atoms with E-state index < -0.39 is 18.0 Å². The second-order valence-electron chi connectivity index (χ2n) is 4.01. The second-order valence-corrected chi connectivity index (χ2v) is 4.01. The van der Waals surface area contributed by atoms with Gasteiger partial charge in [-0.3, -0.25) is 4.57 Å². The van der Waals surface area contributed by atoms with Gasteiger partial charge in [-0.25, -0.2) is 9.20 Å². The Hall–Kier alpha value is -1.97. The highest BCUT2D eigenvalue weighted by molar-refractivity contribution is 5.34. The summed E-state index contributed by atoms with van der Waals surface area (Å²) in [4.78, 5) is 19.0. The molecule has 0 aliphatic heterocycles. The number of hydrogen-bond donors (Lipinski definition) is 3. The molecule has 0 aromatic carbocycles. The minimum absolute atomic E-state index is 0.156. The quantitative estimate of drug-likeness (QED) is 0.594. The van der Waals surface area contributed by atoms with Gasteiger partial charge >= 0.3 is 5.69 Å². The Morgan fingerprint density at radius 1 is 1.37 bits per heavy atom. The van der Waals surface area contributed by atoms with Crippen molar-refractivity contribution in [2.24, 2.45) is 0 Å². The number of imidazole rings is 1. The van der Waals surface area contributed by atoms with Crippen LogP contribution in [0.3, 0.4) is 0 Å². The SMILES string of the molecule is C[C@H](CO)OC(CO)n1ccn2c(=O)nc(N)nc12. The lowest BCUT2D eigenvalue weighted by Gasteiger charge is -2.20. The molecule has 19 heavy (non-hydrogen) atoms. The van der Waals surface area contributed by atoms with E-state index in [2.05, 4.69) is 9.97 Å². The fourth-order valence-electron chi connectivity index (χ4n) is 1.67. The lowest BCUT2D eigenvalue weighted by Crippen LogP contribution is -2.26. The van der Waals surface area contributed by atoms with Crippen LogP contribution in [0.1, 0.15) is 13.2 Å². The normalized spacial score (nSPS) is 14.7. The van der Waals surface area contributed by atoms with Crippen LogP contribution in [0.4, 0.5) is 5.95 Å². The number of hydrogen-bond acceptors (Lipinski definition) is 7. The highest BCUT2D eigenvalue weighted by Gasteiger charge is 2.17. The van der Waals surface area contributed by atoms with E-state index in [1.807, 2.05) is 0 Å². The van der Waals surface area contributed by atoms with Gasteiger partial charge in [-0.05, 0) is 6.92 Å². The summed E-state index contributed by atoms with van der Waals surface area (Å²) in [6.45, 7) is 1.13. The van der Waals surface area contributed by atoms with Gasteiger partial charge in [-0.15, -0.1) is 0 Å². The number of aliphatic hydroxyl groups excluding tert-OH is 2. The topological polar surface area (TPSA) is 128 Å². The van der Waals surface area contributed by atoms with Crippen LogP contribution >= 0.6 is 0 Å². The monoisotopic (exact) mass is 269 g/mol. The van der Waals surface area contributed by atoms with E-state index in [-0.39, 0.29) is 24.9 Å². The summed E-state index contributed by atoms with van der Waals surface area (Å²) < 4.78 is 8.06. The first-order valence-electron chi connectivity index (χ1n) is 5.66. The number of ether oxygens (including phenoxy) is 1. The van der Waals surface area contributed by atoms with Gasteiger partial charge in [0.05, 0.1) is 19.3 Å². The van der Waals surface area contributed by atoms with Crippen molar-refractivity contribution in [3.63, 3.8) is 0 Å². The van der Waals surface area contributed by atoms with Crippen LogP contribution in [0, 0.1) is 0 Å². The molecule has 0 aliphatic rings. The summed E-state index contributed by atoms with van der Waals surface area (Å²) >= 11 is 0. The molecule has 2 atom stereocenters. The Balaban J connectivity index is 2.46. The van der Waals surface area contributed by atoms with Gasteiger partial charge < -0.3 is 20.7 Å². The van der Waals surface area contributed by atoms with Crippen molar-refractivity contribution < 1.29 is 14.9 Å². The van der Waals surface area contributed by atoms with E-state index in [1.54, 1.807) is 6.92 Å². The molecule has 1 unspecified atom stereocenters. The molecule has 2 aromatic heterocycles. The molecule has 2 rings (SSSR count). The third-order valence-electron chi connectivity index (χ3n) is 2.57. The van der Waals surface area contributed by atoms with Crippen molar-refractivity contribution >= 4 is 11.7 Å². The van der Waals surface area contributed by atoms with Crippen molar-refractivity contribution in [3.05, 3.63) is 22.9 Å². The van der Waals surface area contributed by atoms with E-state index in [0.717, 1.165) is 0 Å². The van der Waals surface area contributed by atoms with Crippen LogP contribution < -0.4 is 11.4 Å². The Labute approximate surface area is 107 Å². The number of fused-ring (bicyclic) bond motifs is 1. The van der Waals surface area contributed by atoms with E-state index in [1.165, 1.54) is 21.4 Å². The van der Waals surface area contributed by atoms with Crippen molar-refractivity contribution in [2.75, 3.05) is 18.9 Å². The molecular formula is C10H15N5O4. The molecule has 0 fully saturated rings. The Bertz CT molecular complexity index is 622. The number of anilines is 1. The van der Waals surface area contributed by atoms with Gasteiger partial charge in [0.15, 0.2) is 6.23 Å². The van der Waals surface area contributed by atoms with E-state index in [4.69, 9.17) is 15.6 Å². The molecule has 104 valence electrons. The zero-order chi connectivity index (χ0) is 14.0. The fraction of sp³-hybridized carbons (Fsp3) is 0.500. The van der Waals surface area contributed by atoms with E-state index in [9.17, 15) is 9.90 Å². The molecular weight excluding hydrogens is 254 g/mol. The first-order chi connectivity index (χ1) is 9.06. The maximum Gasteiger partial charge on any atom is 0.357 e. The summed E-state index contributed by atoms with van der Waals surface area (Å²) in [5.41, 5.74) is 4.87. The minimum atomic E-state index is -0.777. The molecule has 0 radical (unpaired) electrons. The fourth-order valence-corrected chi connectivity index (χ4v) is 1.67. The third-order valence-corrected chi connectivity index (χ3v) is 2.57. The standard InChI is InChI=1S/C10H15N5O4/c1-6(4-16)19-7(5-17)14-2-3-15-9(14)12-8(11)13-10(15)18/h2-3,6-7,16-17H,4-5H2,1H3,(H2,11,13,18)/t6-,7?/m1/s1.